The van der Waals surface area contributed by atoms with Crippen molar-refractivity contribution in [1.82, 2.24) is 24.7 Å². The molecule has 0 unspecified atom stereocenters. The van der Waals surface area contributed by atoms with Gasteiger partial charge in [0.05, 0.1) is 34.9 Å². The minimum Gasteiger partial charge on any atom is -0.501 e. The highest BCUT2D eigenvalue weighted by Crippen LogP contribution is 2.38. The summed E-state index contributed by atoms with van der Waals surface area (Å²) in [4.78, 5) is 39.3. The highest BCUT2D eigenvalue weighted by atomic mass is 16.5. The van der Waals surface area contributed by atoms with Gasteiger partial charge in [-0.3, -0.25) is 24.1 Å². The normalized spacial score (nSPS) is 12.5. The molecule has 3 aromatic heterocycles. The number of carbonyl (C=O) groups excluding carboxylic acids is 1. The predicted octanol–water partition coefficient (Wildman–Crippen LogP) is 2.94. The first-order valence-corrected chi connectivity index (χ1v) is 11.0. The summed E-state index contributed by atoms with van der Waals surface area (Å²) in [6.45, 7) is 5.50. The number of hydrogen-bond acceptors (Lipinski definition) is 9. The zero-order valence-electron chi connectivity index (χ0n) is 20.1. The van der Waals surface area contributed by atoms with Crippen molar-refractivity contribution in [2.45, 2.75) is 32.6 Å². The van der Waals surface area contributed by atoms with Crippen molar-refractivity contribution < 1.29 is 14.4 Å². The van der Waals surface area contributed by atoms with Crippen molar-refractivity contribution in [3.8, 4) is 11.8 Å². The maximum Gasteiger partial charge on any atom is 0.296 e. The number of amides is 1. The van der Waals surface area contributed by atoms with Crippen molar-refractivity contribution in [1.29, 1.82) is 5.26 Å². The monoisotopic (exact) mass is 485 g/mol. The number of anilines is 1. The second-order valence-electron chi connectivity index (χ2n) is 8.33. The lowest BCUT2D eigenvalue weighted by Gasteiger charge is -2.26. The van der Waals surface area contributed by atoms with E-state index in [0.29, 0.717) is 16.8 Å². The Morgan fingerprint density at radius 1 is 1.19 bits per heavy atom. The third-order valence-electron chi connectivity index (χ3n) is 6.06. The molecule has 0 saturated carbocycles. The van der Waals surface area contributed by atoms with Gasteiger partial charge in [-0.05, 0) is 25.5 Å². The van der Waals surface area contributed by atoms with Crippen LogP contribution in [0, 0.1) is 25.2 Å². The van der Waals surface area contributed by atoms with E-state index in [0.717, 1.165) is 11.4 Å². The second-order valence-corrected chi connectivity index (χ2v) is 8.33. The van der Waals surface area contributed by atoms with E-state index >= 15 is 0 Å². The Kier molecular flexibility index (Phi) is 6.60. The first kappa shape index (κ1) is 24.3. The largest absolute Gasteiger partial charge is 0.501 e. The van der Waals surface area contributed by atoms with Gasteiger partial charge in [-0.2, -0.15) is 5.26 Å². The Labute approximate surface area is 206 Å². The van der Waals surface area contributed by atoms with Gasteiger partial charge >= 0.3 is 0 Å². The van der Waals surface area contributed by atoms with E-state index in [1.54, 1.807) is 18.3 Å². The van der Waals surface area contributed by atoms with E-state index < -0.39 is 34.7 Å². The van der Waals surface area contributed by atoms with Crippen LogP contribution >= 0.6 is 0 Å². The molecule has 2 N–H and O–H groups in total. The molecule has 1 amide bonds. The fourth-order valence-electron chi connectivity index (χ4n) is 4.04. The van der Waals surface area contributed by atoms with Crippen LogP contribution in [0.3, 0.4) is 0 Å². The number of benzene rings is 1. The molecule has 0 bridgehead atoms. The number of nitriles is 1. The number of aromatic hydroxyl groups is 1. The highest BCUT2D eigenvalue weighted by molar-refractivity contribution is 6.04. The van der Waals surface area contributed by atoms with E-state index in [1.807, 2.05) is 32.9 Å². The van der Waals surface area contributed by atoms with Crippen LogP contribution in [0.1, 0.15) is 63.3 Å². The average Bonchev–Trinajstić information content (AvgIpc) is 3.38. The van der Waals surface area contributed by atoms with Crippen molar-refractivity contribution in [3.05, 3.63) is 93.0 Å². The van der Waals surface area contributed by atoms with Crippen LogP contribution in [0.15, 0.2) is 52.2 Å². The Balaban J connectivity index is 1.89. The number of aryl methyl sites for hydroxylation is 2. The lowest BCUT2D eigenvalue weighted by molar-refractivity contribution is 0.101. The molecular weight excluding hydrogens is 462 g/mol. The summed E-state index contributed by atoms with van der Waals surface area (Å²) in [5.41, 5.74) is 2.17. The number of aromatic nitrogens is 5. The first-order chi connectivity index (χ1) is 17.2. The molecule has 0 saturated heterocycles. The molecule has 3 heterocycles. The SMILES string of the molecule is Cc1ncc([C@@H](c2ccccc2C#N)[C@@H](C)c2nc(C(=O)Nc3cnoc3)c(O)c(=O)n2C)nc1C. The van der Waals surface area contributed by atoms with Crippen molar-refractivity contribution in [2.75, 3.05) is 5.32 Å². The minimum absolute atomic E-state index is 0.214. The average molecular weight is 486 g/mol. The molecule has 1 aromatic carbocycles. The third-order valence-corrected chi connectivity index (χ3v) is 6.06. The van der Waals surface area contributed by atoms with Gasteiger partial charge in [0, 0.05) is 25.1 Å². The summed E-state index contributed by atoms with van der Waals surface area (Å²) < 4.78 is 5.89. The van der Waals surface area contributed by atoms with Gasteiger partial charge in [0.25, 0.3) is 11.5 Å². The minimum atomic E-state index is -0.804. The van der Waals surface area contributed by atoms with Crippen molar-refractivity contribution >= 4 is 11.6 Å². The van der Waals surface area contributed by atoms with Gasteiger partial charge in [0.2, 0.25) is 5.75 Å². The summed E-state index contributed by atoms with van der Waals surface area (Å²) in [5, 5.41) is 26.2. The third kappa shape index (κ3) is 4.44. The van der Waals surface area contributed by atoms with Crippen LogP contribution in [0.25, 0.3) is 0 Å². The van der Waals surface area contributed by atoms with Gasteiger partial charge < -0.3 is 14.9 Å². The van der Waals surface area contributed by atoms with E-state index in [9.17, 15) is 20.0 Å². The zero-order chi connectivity index (χ0) is 26.0. The van der Waals surface area contributed by atoms with Crippen LogP contribution in [0.2, 0.25) is 0 Å². The molecule has 4 aromatic rings. The van der Waals surface area contributed by atoms with Crippen molar-refractivity contribution in [2.24, 2.45) is 7.05 Å². The molecule has 11 heteroatoms. The van der Waals surface area contributed by atoms with E-state index in [-0.39, 0.29) is 11.5 Å². The summed E-state index contributed by atoms with van der Waals surface area (Å²) in [7, 11) is 1.46. The number of hydrogen-bond donors (Lipinski definition) is 2. The molecule has 4 rings (SSSR count). The number of nitrogens with one attached hydrogen (secondary N) is 1. The Hall–Kier alpha value is -4.85. The van der Waals surface area contributed by atoms with Gasteiger partial charge in [-0.1, -0.05) is 30.3 Å². The first-order valence-electron chi connectivity index (χ1n) is 11.0. The lowest BCUT2D eigenvalue weighted by atomic mass is 9.81. The summed E-state index contributed by atoms with van der Waals surface area (Å²) in [6, 6.07) is 9.30. The molecule has 11 nitrogen and oxygen atoms in total. The van der Waals surface area contributed by atoms with Crippen LogP contribution < -0.4 is 10.9 Å². The summed E-state index contributed by atoms with van der Waals surface area (Å²) in [6.07, 6.45) is 4.11. The number of nitrogens with zero attached hydrogens (tertiary/aromatic N) is 6. The smallest absolute Gasteiger partial charge is 0.296 e. The highest BCUT2D eigenvalue weighted by Gasteiger charge is 2.32. The predicted molar refractivity (Wildman–Crippen MR) is 129 cm³/mol. The molecule has 2 atom stereocenters. The summed E-state index contributed by atoms with van der Waals surface area (Å²) >= 11 is 0. The van der Waals surface area contributed by atoms with Crippen LogP contribution in [-0.2, 0) is 7.05 Å². The number of carbonyl (C=O) groups is 1. The molecule has 0 radical (unpaired) electrons. The van der Waals surface area contributed by atoms with Crippen molar-refractivity contribution in [3.63, 3.8) is 0 Å². The fourth-order valence-corrected chi connectivity index (χ4v) is 4.04. The molecular formula is C25H23N7O4. The Bertz CT molecular complexity index is 1540. The molecule has 0 aliphatic heterocycles. The summed E-state index contributed by atoms with van der Waals surface area (Å²) in [5.74, 6) is -2.48. The molecule has 0 spiro atoms. The van der Waals surface area contributed by atoms with Gasteiger partial charge in [0.15, 0.2) is 5.69 Å². The van der Waals surface area contributed by atoms with Gasteiger partial charge in [-0.25, -0.2) is 4.98 Å². The van der Waals surface area contributed by atoms with Crippen LogP contribution in [0.5, 0.6) is 5.75 Å². The Morgan fingerprint density at radius 3 is 2.61 bits per heavy atom. The van der Waals surface area contributed by atoms with Gasteiger partial charge in [-0.15, -0.1) is 0 Å². The zero-order valence-corrected chi connectivity index (χ0v) is 20.1. The maximum absolute atomic E-state index is 12.9. The Morgan fingerprint density at radius 2 is 1.94 bits per heavy atom. The van der Waals surface area contributed by atoms with Crippen LogP contribution in [0.4, 0.5) is 5.69 Å². The number of rotatable bonds is 6. The van der Waals surface area contributed by atoms with E-state index in [1.165, 1.54) is 24.1 Å². The quantitative estimate of drug-likeness (QED) is 0.418. The second kappa shape index (κ2) is 9.79. The van der Waals surface area contributed by atoms with E-state index in [4.69, 9.17) is 9.51 Å². The van der Waals surface area contributed by atoms with E-state index in [2.05, 4.69) is 26.5 Å². The maximum atomic E-state index is 12.9. The lowest BCUT2D eigenvalue weighted by Crippen LogP contribution is -2.30. The molecule has 0 aliphatic rings. The fraction of sp³-hybridized carbons (Fsp3) is 0.240. The van der Waals surface area contributed by atoms with Crippen LogP contribution in [-0.4, -0.2) is 35.7 Å². The molecule has 0 fully saturated rings. The molecule has 36 heavy (non-hydrogen) atoms. The molecule has 0 aliphatic carbocycles. The standard InChI is InChI=1S/C25H23N7O4/c1-13(20(18-8-6-5-7-16(18)9-26)19-11-27-14(2)15(3)29-19)23-31-21(22(33)25(35)32(23)4)24(34)30-17-10-28-36-12-17/h5-8,10-13,20,33H,1-4H3,(H,30,34)/t13-,20-/m1/s1. The van der Waals surface area contributed by atoms with Gasteiger partial charge in [0.1, 0.15) is 17.8 Å². The molecule has 182 valence electrons. The topological polar surface area (TPSA) is 160 Å².